The van der Waals surface area contributed by atoms with Crippen LogP contribution in [0.2, 0.25) is 0 Å². The highest BCUT2D eigenvalue weighted by atomic mass is 32.2. The molecule has 46 heavy (non-hydrogen) atoms. The maximum atomic E-state index is 12.8. The van der Waals surface area contributed by atoms with Gasteiger partial charge in [-0.05, 0) is 59.9 Å². The number of aromatic nitrogens is 3. The number of hydrogen-bond donors (Lipinski definition) is 1. The van der Waals surface area contributed by atoms with E-state index in [1.807, 2.05) is 57.2 Å². The van der Waals surface area contributed by atoms with Crippen LogP contribution >= 0.6 is 11.8 Å². The van der Waals surface area contributed by atoms with Crippen LogP contribution in [0.1, 0.15) is 37.8 Å². The molecule has 1 fully saturated rings. The van der Waals surface area contributed by atoms with Crippen molar-refractivity contribution in [2.45, 2.75) is 33.1 Å². The summed E-state index contributed by atoms with van der Waals surface area (Å²) in [6.07, 6.45) is -1.77. The van der Waals surface area contributed by atoms with Crippen LogP contribution < -0.4 is 19.7 Å². The van der Waals surface area contributed by atoms with E-state index in [0.717, 1.165) is 16.7 Å². The summed E-state index contributed by atoms with van der Waals surface area (Å²) in [6.45, 7) is 5.87. The number of thioether (sulfide) groups is 1. The van der Waals surface area contributed by atoms with Crippen molar-refractivity contribution in [3.63, 3.8) is 0 Å². The molecule has 1 aromatic heterocycles. The molecule has 0 unspecified atom stereocenters. The number of carbonyl (C=O) groups is 2. The maximum absolute atomic E-state index is 12.8. The van der Waals surface area contributed by atoms with Gasteiger partial charge in [0.2, 0.25) is 5.91 Å². The maximum Gasteiger partial charge on any atom is 0.573 e. The van der Waals surface area contributed by atoms with Gasteiger partial charge in [-0.25, -0.2) is 14.5 Å². The van der Waals surface area contributed by atoms with Crippen molar-refractivity contribution in [2.24, 2.45) is 4.99 Å². The molecule has 1 N–H and O–H groups in total. The Kier molecular flexibility index (Phi) is 9.46. The monoisotopic (exact) mass is 650 g/mol. The van der Waals surface area contributed by atoms with Gasteiger partial charge in [0.1, 0.15) is 17.8 Å². The Hall–Kier alpha value is -5.11. The summed E-state index contributed by atoms with van der Waals surface area (Å²) in [6, 6.07) is 17.5. The number of anilines is 1. The van der Waals surface area contributed by atoms with Gasteiger partial charge in [0.15, 0.2) is 11.0 Å². The summed E-state index contributed by atoms with van der Waals surface area (Å²) in [5, 5.41) is 7.37. The van der Waals surface area contributed by atoms with Gasteiger partial charge in [0, 0.05) is 17.8 Å². The Morgan fingerprint density at radius 1 is 1.07 bits per heavy atom. The van der Waals surface area contributed by atoms with E-state index in [4.69, 9.17) is 4.74 Å². The first-order valence-electron chi connectivity index (χ1n) is 14.0. The topological polar surface area (TPSA) is 111 Å². The van der Waals surface area contributed by atoms with E-state index in [1.54, 1.807) is 13.2 Å². The number of amidine groups is 1. The van der Waals surface area contributed by atoms with E-state index in [9.17, 15) is 22.8 Å². The third-order valence-electron chi connectivity index (χ3n) is 6.90. The lowest BCUT2D eigenvalue weighted by Crippen LogP contribution is -2.31. The smallest absolute Gasteiger partial charge is 0.497 e. The molecule has 5 rings (SSSR count). The standard InChI is InChI=1S/C32H29F3N6O4S/c1-19(2)26-14-13-25(44-4)15-27(26)41-28(42)17-46-31(41)38-30(43)36-16-20(3)21-5-7-22(8-6-21)29-37-18-40(39-29)23-9-11-24(12-10-23)45-32(33,34)35/h5-16,18-19H,17H2,1-4H3,(H,36,43)/b20-16+,38-31?. The molecular weight excluding hydrogens is 621 g/mol. The Balaban J connectivity index is 1.25. The predicted molar refractivity (Wildman–Crippen MR) is 170 cm³/mol. The zero-order valence-electron chi connectivity index (χ0n) is 25.2. The van der Waals surface area contributed by atoms with Gasteiger partial charge in [-0.1, -0.05) is 55.9 Å². The van der Waals surface area contributed by atoms with Crippen LogP contribution in [-0.2, 0) is 4.79 Å². The average Bonchev–Trinajstić information content (AvgIpc) is 3.66. The molecule has 0 spiro atoms. The van der Waals surface area contributed by atoms with Gasteiger partial charge in [-0.15, -0.1) is 18.3 Å². The largest absolute Gasteiger partial charge is 0.573 e. The molecule has 0 atom stereocenters. The quantitative estimate of drug-likeness (QED) is 0.215. The number of ether oxygens (including phenoxy) is 2. The molecule has 0 saturated carbocycles. The van der Waals surface area contributed by atoms with Crippen LogP contribution in [0.4, 0.5) is 23.7 Å². The second-order valence-corrected chi connectivity index (χ2v) is 11.3. The molecule has 3 amide bonds. The minimum Gasteiger partial charge on any atom is -0.497 e. The Labute approximate surface area is 266 Å². The number of benzene rings is 3. The number of amides is 3. The number of halogens is 3. The number of alkyl halides is 3. The molecule has 14 heteroatoms. The van der Waals surface area contributed by atoms with Crippen molar-refractivity contribution < 1.29 is 32.2 Å². The van der Waals surface area contributed by atoms with Gasteiger partial charge < -0.3 is 14.8 Å². The number of allylic oxidation sites excluding steroid dienone is 1. The number of hydrogen-bond acceptors (Lipinski definition) is 7. The van der Waals surface area contributed by atoms with Crippen molar-refractivity contribution >= 4 is 40.1 Å². The number of nitrogens with one attached hydrogen (secondary N) is 1. The molecule has 0 radical (unpaired) electrons. The highest BCUT2D eigenvalue weighted by molar-refractivity contribution is 8.15. The molecule has 0 bridgehead atoms. The van der Waals surface area contributed by atoms with E-state index in [0.29, 0.717) is 28.5 Å². The second-order valence-electron chi connectivity index (χ2n) is 10.4. The third-order valence-corrected chi connectivity index (χ3v) is 7.82. The van der Waals surface area contributed by atoms with Gasteiger partial charge >= 0.3 is 12.4 Å². The summed E-state index contributed by atoms with van der Waals surface area (Å²) < 4.78 is 48.0. The number of aliphatic imine (C=N–C) groups is 1. The minimum atomic E-state index is -4.77. The molecule has 10 nitrogen and oxygen atoms in total. The molecule has 1 saturated heterocycles. The average molecular weight is 651 g/mol. The first kappa shape index (κ1) is 32.3. The number of rotatable bonds is 8. The lowest BCUT2D eigenvalue weighted by Gasteiger charge is -2.22. The van der Waals surface area contributed by atoms with Crippen LogP contribution in [0.5, 0.6) is 11.5 Å². The lowest BCUT2D eigenvalue weighted by atomic mass is 10.00. The molecule has 1 aliphatic heterocycles. The summed E-state index contributed by atoms with van der Waals surface area (Å²) in [4.78, 5) is 35.6. The van der Waals surface area contributed by atoms with E-state index in [1.165, 1.54) is 58.1 Å². The fraction of sp³-hybridized carbons (Fsp3) is 0.219. The molecule has 3 aromatic carbocycles. The van der Waals surface area contributed by atoms with E-state index in [-0.39, 0.29) is 28.5 Å². The Bertz CT molecular complexity index is 1800. The Morgan fingerprint density at radius 3 is 2.41 bits per heavy atom. The number of methoxy groups -OCH3 is 1. The highest BCUT2D eigenvalue weighted by Gasteiger charge is 2.33. The molecule has 1 aliphatic rings. The molecular formula is C32H29F3N6O4S. The molecule has 238 valence electrons. The van der Waals surface area contributed by atoms with Gasteiger partial charge in [-0.2, -0.15) is 4.99 Å². The molecule has 2 heterocycles. The normalized spacial score (nSPS) is 14.7. The number of carbonyl (C=O) groups excluding carboxylic acids is 2. The van der Waals surface area contributed by atoms with Crippen molar-refractivity contribution in [1.29, 1.82) is 0 Å². The van der Waals surface area contributed by atoms with E-state index >= 15 is 0 Å². The number of urea groups is 1. The minimum absolute atomic E-state index is 0.125. The highest BCUT2D eigenvalue weighted by Crippen LogP contribution is 2.36. The zero-order valence-corrected chi connectivity index (χ0v) is 26.0. The fourth-order valence-electron chi connectivity index (χ4n) is 4.59. The molecule has 4 aromatic rings. The van der Waals surface area contributed by atoms with Gasteiger partial charge in [-0.3, -0.25) is 9.69 Å². The van der Waals surface area contributed by atoms with Crippen LogP contribution in [-0.4, -0.2) is 51.1 Å². The Morgan fingerprint density at radius 2 is 1.76 bits per heavy atom. The first-order chi connectivity index (χ1) is 21.9. The van der Waals surface area contributed by atoms with Crippen molar-refractivity contribution in [1.82, 2.24) is 20.1 Å². The van der Waals surface area contributed by atoms with Crippen LogP contribution in [0.3, 0.4) is 0 Å². The van der Waals surface area contributed by atoms with E-state index < -0.39 is 12.4 Å². The van der Waals surface area contributed by atoms with Crippen LogP contribution in [0, 0.1) is 0 Å². The van der Waals surface area contributed by atoms with Crippen molar-refractivity contribution in [3.8, 4) is 28.6 Å². The fourth-order valence-corrected chi connectivity index (χ4v) is 5.45. The zero-order chi connectivity index (χ0) is 33.0. The molecule has 0 aliphatic carbocycles. The van der Waals surface area contributed by atoms with Crippen LogP contribution in [0.15, 0.2) is 84.2 Å². The summed E-state index contributed by atoms with van der Waals surface area (Å²) in [7, 11) is 1.55. The summed E-state index contributed by atoms with van der Waals surface area (Å²) in [5.41, 5.74) is 4.36. The second kappa shape index (κ2) is 13.5. The van der Waals surface area contributed by atoms with Gasteiger partial charge in [0.05, 0.1) is 24.2 Å². The number of nitrogens with zero attached hydrogens (tertiary/aromatic N) is 5. The van der Waals surface area contributed by atoms with E-state index in [2.05, 4.69) is 25.1 Å². The predicted octanol–water partition coefficient (Wildman–Crippen LogP) is 7.17. The van der Waals surface area contributed by atoms with Crippen molar-refractivity contribution in [3.05, 3.63) is 90.4 Å². The lowest BCUT2D eigenvalue weighted by molar-refractivity contribution is -0.274. The van der Waals surface area contributed by atoms with Crippen molar-refractivity contribution in [2.75, 3.05) is 17.8 Å². The van der Waals surface area contributed by atoms with Crippen LogP contribution in [0.25, 0.3) is 22.6 Å². The third kappa shape index (κ3) is 7.57. The first-order valence-corrected chi connectivity index (χ1v) is 15.0. The summed E-state index contributed by atoms with van der Waals surface area (Å²) >= 11 is 1.19. The SMILES string of the molecule is COc1ccc(C(C)C)c(N2C(=O)CSC2=NC(=O)N/C=C(\C)c2ccc(-c3ncn(-c4ccc(OC(F)(F)F)cc4)n3)cc2)c1. The summed E-state index contributed by atoms with van der Waals surface area (Å²) in [5.74, 6) is 0.791. The van der Waals surface area contributed by atoms with Gasteiger partial charge in [0.25, 0.3) is 0 Å².